The second-order valence-electron chi connectivity index (χ2n) is 5.46. The first-order valence-corrected chi connectivity index (χ1v) is 8.05. The van der Waals surface area contributed by atoms with Crippen molar-refractivity contribution in [3.8, 4) is 5.75 Å². The standard InChI is InChI=1S/C17H15ClN3O4.2CH3.Ce/c18-15-3-1-2-4-16(15)25-17(22)20-11-9-19(10-12-20)13-5-7-14(8-6-13)21(23)24;;;/h1-3,5-8H,9-12H2;2*1H3;/q3*-1;+3. The quantitative estimate of drug-likeness (QED) is 0.336. The van der Waals surface area contributed by atoms with E-state index in [0.29, 0.717) is 31.2 Å². The van der Waals surface area contributed by atoms with Crippen LogP contribution >= 0.6 is 11.6 Å². The predicted octanol–water partition coefficient (Wildman–Crippen LogP) is 4.27. The molecule has 1 saturated heterocycles. The number of halogens is 1. The van der Waals surface area contributed by atoms with Crippen molar-refractivity contribution in [1.29, 1.82) is 0 Å². The minimum Gasteiger partial charge on any atom is -0.436 e. The van der Waals surface area contributed by atoms with Crippen LogP contribution in [-0.2, 0) is 0 Å². The van der Waals surface area contributed by atoms with Gasteiger partial charge in [-0.2, -0.15) is 29.8 Å². The third kappa shape index (κ3) is 6.58. The summed E-state index contributed by atoms with van der Waals surface area (Å²) in [5.41, 5.74) is 0.944. The van der Waals surface area contributed by atoms with Crippen LogP contribution in [0, 0.1) is 72.8 Å². The minimum atomic E-state index is -0.465. The Labute approximate surface area is 204 Å². The van der Waals surface area contributed by atoms with Gasteiger partial charge in [0.1, 0.15) is 0 Å². The summed E-state index contributed by atoms with van der Waals surface area (Å²) in [6.07, 6.45) is -0.465. The number of hydrogen-bond acceptors (Lipinski definition) is 5. The minimum absolute atomic E-state index is 0. The molecule has 3 rings (SSSR count). The molecule has 1 aliphatic heterocycles. The summed E-state index contributed by atoms with van der Waals surface area (Å²) in [6.45, 7) is 2.19. The number of benzene rings is 2. The second kappa shape index (κ2) is 12.2. The molecule has 0 aromatic heterocycles. The van der Waals surface area contributed by atoms with Crippen LogP contribution in [0.5, 0.6) is 5.75 Å². The zero-order valence-electron chi connectivity index (χ0n) is 15.7. The van der Waals surface area contributed by atoms with Gasteiger partial charge in [0.2, 0.25) is 0 Å². The van der Waals surface area contributed by atoms with E-state index >= 15 is 0 Å². The average Bonchev–Trinajstić information content (AvgIpc) is 2.64. The Bertz CT molecular complexity index is 781. The van der Waals surface area contributed by atoms with Crippen molar-refractivity contribution < 1.29 is 56.2 Å². The Balaban J connectivity index is 0.00000243. The van der Waals surface area contributed by atoms with Gasteiger partial charge in [0.15, 0.2) is 0 Å². The van der Waals surface area contributed by atoms with Crippen molar-refractivity contribution in [3.05, 3.63) is 78.5 Å². The molecule has 0 spiro atoms. The maximum Gasteiger partial charge on any atom is 3.00 e. The molecule has 147 valence electrons. The Morgan fingerprint density at radius 3 is 2.25 bits per heavy atom. The summed E-state index contributed by atoms with van der Waals surface area (Å²) in [6, 6.07) is 14.1. The molecule has 1 amide bonds. The third-order valence-corrected chi connectivity index (χ3v) is 4.22. The number of rotatable bonds is 3. The number of nitro groups is 1. The van der Waals surface area contributed by atoms with E-state index in [9.17, 15) is 14.9 Å². The van der Waals surface area contributed by atoms with Gasteiger partial charge in [-0.3, -0.25) is 10.1 Å². The SMILES string of the molecule is O=C(Oc1[c-]cccc1Cl)N1CCN(c2ccc([N+](=O)[O-])cc2)CC1.[CH3-].[CH3-].[Ce+3]. The van der Waals surface area contributed by atoms with E-state index in [1.807, 2.05) is 0 Å². The van der Waals surface area contributed by atoms with E-state index in [1.165, 1.54) is 12.1 Å². The molecule has 0 saturated carbocycles. The molecule has 1 heterocycles. The van der Waals surface area contributed by atoms with E-state index < -0.39 is 11.0 Å². The number of carbonyl (C=O) groups excluding carboxylic acids is 1. The molecule has 28 heavy (non-hydrogen) atoms. The maximum atomic E-state index is 12.2. The number of nitrogens with zero attached hydrogens (tertiary/aromatic N) is 3. The van der Waals surface area contributed by atoms with Crippen molar-refractivity contribution in [2.45, 2.75) is 0 Å². The third-order valence-electron chi connectivity index (χ3n) is 3.92. The fourth-order valence-corrected chi connectivity index (χ4v) is 2.73. The van der Waals surface area contributed by atoms with Gasteiger partial charge in [0, 0.05) is 49.7 Å². The predicted molar refractivity (Wildman–Crippen MR) is 106 cm³/mol. The molecule has 0 N–H and O–H groups in total. The van der Waals surface area contributed by atoms with Crippen molar-refractivity contribution in [3.63, 3.8) is 0 Å². The van der Waals surface area contributed by atoms with Gasteiger partial charge in [0.25, 0.3) is 5.69 Å². The van der Waals surface area contributed by atoms with Gasteiger partial charge in [-0.1, -0.05) is 0 Å². The Morgan fingerprint density at radius 1 is 1.11 bits per heavy atom. The van der Waals surface area contributed by atoms with Crippen LogP contribution in [0.15, 0.2) is 42.5 Å². The summed E-state index contributed by atoms with van der Waals surface area (Å²) in [5, 5.41) is 11.0. The maximum absolute atomic E-state index is 12.2. The first-order chi connectivity index (χ1) is 12.0. The number of hydrogen-bond donors (Lipinski definition) is 0. The molecule has 1 aliphatic rings. The van der Waals surface area contributed by atoms with Gasteiger partial charge in [0.05, 0.1) is 4.92 Å². The number of nitro benzene ring substituents is 1. The second-order valence-corrected chi connectivity index (χ2v) is 5.87. The van der Waals surface area contributed by atoms with Gasteiger partial charge in [-0.05, 0) is 17.2 Å². The van der Waals surface area contributed by atoms with Crippen LogP contribution in [0.25, 0.3) is 0 Å². The molecular weight excluding hydrogens is 510 g/mol. The van der Waals surface area contributed by atoms with Gasteiger partial charge < -0.3 is 29.4 Å². The smallest absolute Gasteiger partial charge is 0.436 e. The van der Waals surface area contributed by atoms with Crippen LogP contribution in [0.4, 0.5) is 16.2 Å². The zero-order valence-corrected chi connectivity index (χ0v) is 19.6. The number of amides is 1. The fourth-order valence-electron chi connectivity index (χ4n) is 2.56. The normalized spacial score (nSPS) is 12.8. The summed E-state index contributed by atoms with van der Waals surface area (Å²) in [7, 11) is 0. The van der Waals surface area contributed by atoms with E-state index in [4.69, 9.17) is 16.3 Å². The van der Waals surface area contributed by atoms with Crippen LogP contribution < -0.4 is 9.64 Å². The van der Waals surface area contributed by atoms with Crippen molar-refractivity contribution in [1.82, 2.24) is 4.90 Å². The molecule has 9 heteroatoms. The molecule has 0 atom stereocenters. The topological polar surface area (TPSA) is 75.9 Å². The molecule has 1 radical (unpaired) electrons. The van der Waals surface area contributed by atoms with Crippen molar-refractivity contribution >= 4 is 29.1 Å². The Kier molecular flexibility index (Phi) is 11.6. The van der Waals surface area contributed by atoms with E-state index in [2.05, 4.69) is 11.0 Å². The largest absolute Gasteiger partial charge is 3.00 e. The summed E-state index contributed by atoms with van der Waals surface area (Å²) >= 11 is 5.96. The fraction of sp³-hybridized carbons (Fsp3) is 0.211. The molecule has 2 aromatic carbocycles. The Morgan fingerprint density at radius 2 is 1.71 bits per heavy atom. The van der Waals surface area contributed by atoms with Gasteiger partial charge >= 0.3 is 47.8 Å². The number of non-ortho nitro benzene ring substituents is 1. The van der Waals surface area contributed by atoms with Crippen LogP contribution in [-0.4, -0.2) is 42.1 Å². The average molecular weight is 531 g/mol. The number of piperazine rings is 1. The van der Waals surface area contributed by atoms with Crippen LogP contribution in [0.3, 0.4) is 0 Å². The summed E-state index contributed by atoms with van der Waals surface area (Å²) in [4.78, 5) is 26.2. The molecule has 0 bridgehead atoms. The molecule has 0 unspecified atom stereocenters. The first-order valence-electron chi connectivity index (χ1n) is 7.67. The van der Waals surface area contributed by atoms with Gasteiger partial charge in [-0.25, -0.2) is 4.79 Å². The van der Waals surface area contributed by atoms with Crippen molar-refractivity contribution in [2.75, 3.05) is 31.1 Å². The van der Waals surface area contributed by atoms with E-state index in [0.717, 1.165) is 5.69 Å². The first kappa shape index (κ1) is 26.6. The van der Waals surface area contributed by atoms with Crippen molar-refractivity contribution in [2.24, 2.45) is 0 Å². The van der Waals surface area contributed by atoms with E-state index in [-0.39, 0.29) is 68.0 Å². The van der Waals surface area contributed by atoms with E-state index in [1.54, 1.807) is 35.2 Å². The zero-order chi connectivity index (χ0) is 17.8. The molecule has 2 aromatic rings. The Hall–Kier alpha value is -1.42. The number of anilines is 1. The van der Waals surface area contributed by atoms with Crippen LogP contribution in [0.2, 0.25) is 5.02 Å². The number of carbonyl (C=O) groups is 1. The molecule has 7 nitrogen and oxygen atoms in total. The summed E-state index contributed by atoms with van der Waals surface area (Å²) in [5.74, 6) is 0.215. The monoisotopic (exact) mass is 530 g/mol. The molecule has 0 aliphatic carbocycles. The van der Waals surface area contributed by atoms with Gasteiger partial charge in [-0.15, -0.1) is 6.07 Å². The molecule has 1 fully saturated rings. The number of para-hydroxylation sites is 1. The summed E-state index contributed by atoms with van der Waals surface area (Å²) < 4.78 is 5.27. The number of ether oxygens (including phenoxy) is 1. The van der Waals surface area contributed by atoms with Crippen LogP contribution in [0.1, 0.15) is 0 Å². The molecular formula is C19H21CeClN3O4.